The van der Waals surface area contributed by atoms with Gasteiger partial charge in [0.2, 0.25) is 0 Å². The molecule has 1 unspecified atom stereocenters. The summed E-state index contributed by atoms with van der Waals surface area (Å²) in [4.78, 5) is 35.4. The molecule has 0 aliphatic carbocycles. The maximum Gasteiger partial charge on any atom is 0.344 e. The Bertz CT molecular complexity index is 1930. The second-order valence-corrected chi connectivity index (χ2v) is 12.8. The van der Waals surface area contributed by atoms with Crippen LogP contribution in [-0.4, -0.2) is 61.0 Å². The first-order chi connectivity index (χ1) is 27.2. The number of ether oxygens (including phenoxy) is 5. The van der Waals surface area contributed by atoms with Crippen molar-refractivity contribution in [1.29, 1.82) is 0 Å². The molecule has 0 aromatic heterocycles. The summed E-state index contributed by atoms with van der Waals surface area (Å²) in [7, 11) is 0. The lowest BCUT2D eigenvalue weighted by molar-refractivity contribution is -0.386. The van der Waals surface area contributed by atoms with Crippen LogP contribution in [0.25, 0.3) is 0 Å². The summed E-state index contributed by atoms with van der Waals surface area (Å²) >= 11 is 0. The predicted molar refractivity (Wildman–Crippen MR) is 210 cm³/mol. The summed E-state index contributed by atoms with van der Waals surface area (Å²) < 4.78 is 27.1. The van der Waals surface area contributed by atoms with Crippen molar-refractivity contribution in [3.05, 3.63) is 165 Å². The van der Waals surface area contributed by atoms with Gasteiger partial charge in [-0.25, -0.2) is 9.59 Å². The third-order valence-corrected chi connectivity index (χ3v) is 8.88. The summed E-state index contributed by atoms with van der Waals surface area (Å²) in [5.41, 5.74) is 3.85. The second kappa shape index (κ2) is 21.0. The zero-order valence-corrected chi connectivity index (χ0v) is 31.4. The van der Waals surface area contributed by atoms with Gasteiger partial charge in [-0.05, 0) is 78.4 Å². The molecule has 12 heteroatoms. The van der Waals surface area contributed by atoms with Crippen LogP contribution >= 0.6 is 0 Å². The predicted octanol–water partition coefficient (Wildman–Crippen LogP) is 7.12. The number of nitrogens with one attached hydrogen (secondary N) is 1. The summed E-state index contributed by atoms with van der Waals surface area (Å²) in [5, 5.41) is 27.2. The molecule has 0 saturated heterocycles. The van der Waals surface area contributed by atoms with Crippen molar-refractivity contribution in [2.75, 3.05) is 33.0 Å². The molecular weight excluding hydrogens is 716 g/mol. The number of carbonyl (C=O) groups excluding carboxylic acids is 2. The number of hydrogen-bond acceptors (Lipinski definition) is 11. The Morgan fingerprint density at radius 1 is 0.679 bits per heavy atom. The maximum atomic E-state index is 12.1. The van der Waals surface area contributed by atoms with E-state index in [1.54, 1.807) is 44.2 Å². The highest BCUT2D eigenvalue weighted by molar-refractivity contribution is 5.71. The van der Waals surface area contributed by atoms with E-state index in [9.17, 15) is 24.8 Å². The number of aliphatic hydroxyl groups is 1. The van der Waals surface area contributed by atoms with Gasteiger partial charge in [-0.15, -0.1) is 0 Å². The van der Waals surface area contributed by atoms with Crippen LogP contribution in [-0.2, 0) is 32.1 Å². The van der Waals surface area contributed by atoms with Gasteiger partial charge >= 0.3 is 17.6 Å². The third kappa shape index (κ3) is 12.1. The molecule has 5 rings (SSSR count). The van der Waals surface area contributed by atoms with Gasteiger partial charge in [-0.2, -0.15) is 0 Å². The lowest BCUT2D eigenvalue weighted by Crippen LogP contribution is -2.39. The lowest BCUT2D eigenvalue weighted by Gasteiger charge is -2.31. The van der Waals surface area contributed by atoms with Crippen molar-refractivity contribution in [3.63, 3.8) is 0 Å². The smallest absolute Gasteiger partial charge is 0.344 e. The van der Waals surface area contributed by atoms with Crippen LogP contribution in [0.5, 0.6) is 17.2 Å². The summed E-state index contributed by atoms with van der Waals surface area (Å²) in [6.45, 7) is 3.75. The molecule has 292 valence electrons. The van der Waals surface area contributed by atoms with E-state index in [-0.39, 0.29) is 63.0 Å². The van der Waals surface area contributed by atoms with Crippen LogP contribution in [0, 0.1) is 10.1 Å². The summed E-state index contributed by atoms with van der Waals surface area (Å²) in [6, 6.07) is 38.3. The summed E-state index contributed by atoms with van der Waals surface area (Å²) in [5.74, 6) is -0.152. The van der Waals surface area contributed by atoms with Gasteiger partial charge in [0, 0.05) is 24.6 Å². The number of nitro groups is 1. The molecule has 0 aliphatic rings. The molecule has 56 heavy (non-hydrogen) atoms. The van der Waals surface area contributed by atoms with E-state index in [4.69, 9.17) is 23.7 Å². The second-order valence-electron chi connectivity index (χ2n) is 12.8. The van der Waals surface area contributed by atoms with Crippen molar-refractivity contribution in [3.8, 4) is 17.2 Å². The highest BCUT2D eigenvalue weighted by Gasteiger charge is 2.27. The van der Waals surface area contributed by atoms with Crippen molar-refractivity contribution >= 4 is 17.6 Å². The van der Waals surface area contributed by atoms with Gasteiger partial charge in [-0.1, -0.05) is 91.0 Å². The number of esters is 2. The molecule has 0 saturated carbocycles. The Labute approximate surface area is 326 Å². The van der Waals surface area contributed by atoms with Gasteiger partial charge in [0.05, 0.1) is 24.2 Å². The Morgan fingerprint density at radius 3 is 1.68 bits per heavy atom. The maximum absolute atomic E-state index is 12.1. The molecule has 0 aliphatic heterocycles. The fourth-order valence-corrected chi connectivity index (χ4v) is 6.19. The zero-order chi connectivity index (χ0) is 39.7. The van der Waals surface area contributed by atoms with E-state index in [2.05, 4.69) is 5.32 Å². The first-order valence-electron chi connectivity index (χ1n) is 18.4. The fourth-order valence-electron chi connectivity index (χ4n) is 6.19. The van der Waals surface area contributed by atoms with E-state index in [0.717, 1.165) is 22.3 Å². The quantitative estimate of drug-likeness (QED) is 0.0446. The van der Waals surface area contributed by atoms with Crippen molar-refractivity contribution in [2.24, 2.45) is 0 Å². The SMILES string of the molecule is CCOC(=O)COc1ccc(C(c2ccc(OCC(=O)OCC)cc2)C(Cc2ccccc2)NC[C@H](O)c2ccc(OCc3ccccc3)c([N+](=O)[O-])c2)cc1. The highest BCUT2D eigenvalue weighted by Crippen LogP contribution is 2.34. The Hall–Kier alpha value is -6.24. The highest BCUT2D eigenvalue weighted by atomic mass is 16.6. The third-order valence-electron chi connectivity index (χ3n) is 8.88. The zero-order valence-electron chi connectivity index (χ0n) is 31.4. The van der Waals surface area contributed by atoms with Crippen molar-refractivity contribution in [1.82, 2.24) is 5.32 Å². The van der Waals surface area contributed by atoms with E-state index in [0.29, 0.717) is 23.5 Å². The molecule has 5 aromatic carbocycles. The molecule has 12 nitrogen and oxygen atoms in total. The first-order valence-corrected chi connectivity index (χ1v) is 18.4. The van der Waals surface area contributed by atoms with Crippen LogP contribution in [0.1, 0.15) is 53.7 Å². The average molecular weight is 763 g/mol. The topological polar surface area (TPSA) is 156 Å². The van der Waals surface area contributed by atoms with Crippen LogP contribution in [0.2, 0.25) is 0 Å². The Kier molecular flexibility index (Phi) is 15.4. The molecule has 0 fully saturated rings. The van der Waals surface area contributed by atoms with Gasteiger partial charge in [-0.3, -0.25) is 10.1 Å². The monoisotopic (exact) mass is 762 g/mol. The first kappa shape index (κ1) is 40.9. The number of benzene rings is 5. The average Bonchev–Trinajstić information content (AvgIpc) is 3.22. The fraction of sp³-hybridized carbons (Fsp3) is 0.273. The Morgan fingerprint density at radius 2 is 1.18 bits per heavy atom. The van der Waals surface area contributed by atoms with E-state index >= 15 is 0 Å². The van der Waals surface area contributed by atoms with Crippen LogP contribution in [0.3, 0.4) is 0 Å². The largest absolute Gasteiger partial charge is 0.482 e. The molecule has 0 radical (unpaired) electrons. The van der Waals surface area contributed by atoms with Gasteiger partial charge in [0.1, 0.15) is 18.1 Å². The number of nitrogens with zero attached hydrogens (tertiary/aromatic N) is 1. The number of aliphatic hydroxyl groups excluding tert-OH is 1. The number of rotatable bonds is 21. The number of carbonyl (C=O) groups is 2. The minimum atomic E-state index is -1.10. The minimum absolute atomic E-state index is 0.0663. The van der Waals surface area contributed by atoms with Crippen molar-refractivity contribution in [2.45, 2.75) is 44.9 Å². The van der Waals surface area contributed by atoms with Crippen molar-refractivity contribution < 1.29 is 43.3 Å². The van der Waals surface area contributed by atoms with Crippen LogP contribution in [0.4, 0.5) is 5.69 Å². The standard InChI is InChI=1S/C44H46N2O10/c1-3-52-42(48)29-54-36-20-15-33(16-21-36)44(34-17-22-37(23-18-34)55-30-43(49)53-4-2)38(25-31-11-7-5-8-12-31)45-27-40(47)35-19-24-41(39(26-35)46(50)51)56-28-32-13-9-6-10-14-32/h5-24,26,38,40,44-45,47H,3-4,25,27-30H2,1-2H3/t38?,40-/m0/s1. The molecule has 2 N–H and O–H groups in total. The molecule has 0 amide bonds. The molecule has 2 atom stereocenters. The molecule has 0 bridgehead atoms. The van der Waals surface area contributed by atoms with Crippen LogP contribution < -0.4 is 19.5 Å². The molecule has 0 heterocycles. The Balaban J connectivity index is 1.42. The summed E-state index contributed by atoms with van der Waals surface area (Å²) in [6.07, 6.45) is -0.555. The van der Waals surface area contributed by atoms with E-state index in [1.165, 1.54) is 12.1 Å². The molecular formula is C44H46N2O10. The van der Waals surface area contributed by atoms with Gasteiger partial charge in [0.15, 0.2) is 19.0 Å². The normalized spacial score (nSPS) is 12.0. The van der Waals surface area contributed by atoms with E-state index < -0.39 is 23.0 Å². The van der Waals surface area contributed by atoms with E-state index in [1.807, 2.05) is 84.9 Å². The molecule has 5 aromatic rings. The minimum Gasteiger partial charge on any atom is -0.482 e. The van der Waals surface area contributed by atoms with Crippen LogP contribution in [0.15, 0.2) is 127 Å². The van der Waals surface area contributed by atoms with Gasteiger partial charge in [0.25, 0.3) is 0 Å². The number of hydrogen-bond donors (Lipinski definition) is 2. The molecule has 0 spiro atoms. The number of nitro benzene ring substituents is 1. The lowest BCUT2D eigenvalue weighted by atomic mass is 9.82. The van der Waals surface area contributed by atoms with Gasteiger partial charge < -0.3 is 34.1 Å².